The van der Waals surface area contributed by atoms with Crippen molar-refractivity contribution in [3.05, 3.63) is 35.4 Å². The molecule has 6 heteroatoms. The number of ether oxygens (including phenoxy) is 2. The van der Waals surface area contributed by atoms with E-state index in [1.54, 1.807) is 6.07 Å². The van der Waals surface area contributed by atoms with Crippen molar-refractivity contribution in [1.29, 1.82) is 0 Å². The van der Waals surface area contributed by atoms with Crippen molar-refractivity contribution >= 4 is 11.9 Å². The van der Waals surface area contributed by atoms with Crippen LogP contribution in [-0.2, 0) is 31.4 Å². The molecule has 0 heterocycles. The third-order valence-corrected chi connectivity index (χ3v) is 2.52. The molecule has 1 rings (SSSR count). The zero-order chi connectivity index (χ0) is 15.2. The first kappa shape index (κ1) is 16.1. The predicted octanol–water partition coefficient (Wildman–Crippen LogP) is 2.45. The number of halogens is 2. The number of benzene rings is 1. The summed E-state index contributed by atoms with van der Waals surface area (Å²) in [6, 6.07) is 5.41. The van der Waals surface area contributed by atoms with Crippen LogP contribution in [0, 0.1) is 0 Å². The minimum Gasteiger partial charge on any atom is -0.466 e. The summed E-state index contributed by atoms with van der Waals surface area (Å²) in [7, 11) is 0. The van der Waals surface area contributed by atoms with E-state index < -0.39 is 23.4 Å². The van der Waals surface area contributed by atoms with Crippen LogP contribution >= 0.6 is 0 Å². The second-order valence-electron chi connectivity index (χ2n) is 4.09. The highest BCUT2D eigenvalue weighted by atomic mass is 19.3. The van der Waals surface area contributed by atoms with E-state index in [4.69, 9.17) is 4.74 Å². The first-order valence-corrected chi connectivity index (χ1v) is 6.15. The molecule has 1 aromatic rings. The Labute approximate surface area is 115 Å². The van der Waals surface area contributed by atoms with Gasteiger partial charge in [0.1, 0.15) is 0 Å². The Morgan fingerprint density at radius 3 is 2.55 bits per heavy atom. The van der Waals surface area contributed by atoms with Gasteiger partial charge in [-0.3, -0.25) is 4.79 Å². The monoisotopic (exact) mass is 286 g/mol. The molecule has 20 heavy (non-hydrogen) atoms. The lowest BCUT2D eigenvalue weighted by Crippen LogP contribution is -2.28. The predicted molar refractivity (Wildman–Crippen MR) is 67.3 cm³/mol. The number of alkyl halides is 2. The first-order chi connectivity index (χ1) is 9.37. The van der Waals surface area contributed by atoms with Crippen LogP contribution < -0.4 is 0 Å². The first-order valence-electron chi connectivity index (χ1n) is 6.15. The largest absolute Gasteiger partial charge is 0.466 e. The minimum absolute atomic E-state index is 0.101. The van der Waals surface area contributed by atoms with E-state index in [9.17, 15) is 18.4 Å². The van der Waals surface area contributed by atoms with Gasteiger partial charge in [0, 0.05) is 18.9 Å². The molecule has 0 aromatic heterocycles. The van der Waals surface area contributed by atoms with Gasteiger partial charge in [0.2, 0.25) is 0 Å². The fourth-order valence-electron chi connectivity index (χ4n) is 1.57. The third-order valence-electron chi connectivity index (χ3n) is 2.52. The van der Waals surface area contributed by atoms with Crippen molar-refractivity contribution in [1.82, 2.24) is 0 Å². The molecule has 0 amide bonds. The maximum atomic E-state index is 13.8. The van der Waals surface area contributed by atoms with Crippen LogP contribution in [0.3, 0.4) is 0 Å². The third kappa shape index (κ3) is 4.29. The molecule has 0 spiro atoms. The Morgan fingerprint density at radius 2 is 1.95 bits per heavy atom. The Bertz CT molecular complexity index is 486. The molecule has 0 aliphatic carbocycles. The summed E-state index contributed by atoms with van der Waals surface area (Å²) in [6.45, 7) is 2.72. The molecule has 0 saturated carbocycles. The normalized spacial score (nSPS) is 11.0. The summed E-state index contributed by atoms with van der Waals surface area (Å²) >= 11 is 0. The molecule has 0 unspecified atom stereocenters. The maximum Gasteiger partial charge on any atom is 0.381 e. The summed E-state index contributed by atoms with van der Waals surface area (Å²) in [5.41, 5.74) is 0.115. The quantitative estimate of drug-likeness (QED) is 0.754. The van der Waals surface area contributed by atoms with Gasteiger partial charge in [0.05, 0.1) is 13.2 Å². The van der Waals surface area contributed by atoms with Gasteiger partial charge in [-0.25, -0.2) is 4.79 Å². The van der Waals surface area contributed by atoms with Crippen LogP contribution in [-0.4, -0.2) is 25.2 Å². The van der Waals surface area contributed by atoms with E-state index in [0.717, 1.165) is 6.07 Å². The van der Waals surface area contributed by atoms with Crippen molar-refractivity contribution in [2.24, 2.45) is 0 Å². The van der Waals surface area contributed by atoms with Crippen molar-refractivity contribution < 1.29 is 27.8 Å². The second-order valence-corrected chi connectivity index (χ2v) is 4.09. The number of carbonyl (C=O) groups is 2. The average Bonchev–Trinajstić information content (AvgIpc) is 2.39. The zero-order valence-corrected chi connectivity index (χ0v) is 11.3. The zero-order valence-electron chi connectivity index (χ0n) is 11.3. The van der Waals surface area contributed by atoms with Crippen LogP contribution in [0.15, 0.2) is 24.3 Å². The minimum atomic E-state index is -3.69. The molecule has 0 aliphatic heterocycles. The molecule has 0 atom stereocenters. The summed E-state index contributed by atoms with van der Waals surface area (Å²) in [5, 5.41) is 0. The molecular weight excluding hydrogens is 270 g/mol. The van der Waals surface area contributed by atoms with Gasteiger partial charge in [-0.15, -0.1) is 0 Å². The van der Waals surface area contributed by atoms with E-state index >= 15 is 0 Å². The molecule has 1 aromatic carbocycles. The Balaban J connectivity index is 2.81. The fourth-order valence-corrected chi connectivity index (χ4v) is 1.57. The summed E-state index contributed by atoms with van der Waals surface area (Å²) in [6.07, 6.45) is 0.298. The van der Waals surface area contributed by atoms with Gasteiger partial charge in [0.25, 0.3) is 0 Å². The van der Waals surface area contributed by atoms with Gasteiger partial charge in [0.15, 0.2) is 0 Å². The molecule has 0 saturated heterocycles. The van der Waals surface area contributed by atoms with E-state index in [1.165, 1.54) is 26.0 Å². The van der Waals surface area contributed by atoms with Gasteiger partial charge in [-0.2, -0.15) is 8.78 Å². The van der Waals surface area contributed by atoms with E-state index in [-0.39, 0.29) is 13.2 Å². The molecule has 0 radical (unpaired) electrons. The SMILES string of the molecule is CCOC(=O)C(F)(F)c1cccc(CCOC(C)=O)c1. The average molecular weight is 286 g/mol. The highest BCUT2D eigenvalue weighted by Crippen LogP contribution is 2.30. The summed E-state index contributed by atoms with van der Waals surface area (Å²) in [4.78, 5) is 21.9. The summed E-state index contributed by atoms with van der Waals surface area (Å²) in [5.74, 6) is -5.69. The van der Waals surface area contributed by atoms with Gasteiger partial charge in [-0.1, -0.05) is 18.2 Å². The standard InChI is InChI=1S/C14H16F2O4/c1-3-19-13(18)14(15,16)12-6-4-5-11(9-12)7-8-20-10(2)17/h4-6,9H,3,7-8H2,1-2H3. The Morgan fingerprint density at radius 1 is 1.25 bits per heavy atom. The van der Waals surface area contributed by atoms with Crippen molar-refractivity contribution in [3.63, 3.8) is 0 Å². The van der Waals surface area contributed by atoms with Crippen molar-refractivity contribution in [2.45, 2.75) is 26.2 Å². The van der Waals surface area contributed by atoms with E-state index in [0.29, 0.717) is 12.0 Å². The van der Waals surface area contributed by atoms with Crippen LogP contribution in [0.25, 0.3) is 0 Å². The molecule has 110 valence electrons. The molecule has 0 aliphatic rings. The molecule has 0 N–H and O–H groups in total. The molecular formula is C14H16F2O4. The van der Waals surface area contributed by atoms with Crippen LogP contribution in [0.1, 0.15) is 25.0 Å². The highest BCUT2D eigenvalue weighted by molar-refractivity contribution is 5.79. The lowest BCUT2D eigenvalue weighted by atomic mass is 10.0. The van der Waals surface area contributed by atoms with E-state index in [1.807, 2.05) is 0 Å². The lowest BCUT2D eigenvalue weighted by molar-refractivity contribution is -0.173. The van der Waals surface area contributed by atoms with Crippen LogP contribution in [0.4, 0.5) is 8.78 Å². The number of rotatable bonds is 6. The molecule has 4 nitrogen and oxygen atoms in total. The van der Waals surface area contributed by atoms with Crippen LogP contribution in [0.2, 0.25) is 0 Å². The van der Waals surface area contributed by atoms with Gasteiger partial charge < -0.3 is 9.47 Å². The lowest BCUT2D eigenvalue weighted by Gasteiger charge is -2.15. The smallest absolute Gasteiger partial charge is 0.381 e. The Hall–Kier alpha value is -1.98. The number of carbonyl (C=O) groups excluding carboxylic acids is 2. The Kier molecular flexibility index (Phi) is 5.61. The van der Waals surface area contributed by atoms with Gasteiger partial charge >= 0.3 is 17.9 Å². The summed E-state index contributed by atoms with van der Waals surface area (Å²) < 4.78 is 36.7. The number of hydrogen-bond acceptors (Lipinski definition) is 4. The van der Waals surface area contributed by atoms with Crippen LogP contribution in [0.5, 0.6) is 0 Å². The molecule has 0 bridgehead atoms. The highest BCUT2D eigenvalue weighted by Gasteiger charge is 2.42. The second kappa shape index (κ2) is 6.98. The maximum absolute atomic E-state index is 13.8. The van der Waals surface area contributed by atoms with Crippen molar-refractivity contribution in [3.8, 4) is 0 Å². The van der Waals surface area contributed by atoms with E-state index in [2.05, 4.69) is 4.74 Å². The number of esters is 2. The molecule has 0 fully saturated rings. The van der Waals surface area contributed by atoms with Crippen molar-refractivity contribution in [2.75, 3.05) is 13.2 Å². The topological polar surface area (TPSA) is 52.6 Å². The fraction of sp³-hybridized carbons (Fsp3) is 0.429. The number of hydrogen-bond donors (Lipinski definition) is 0. The van der Waals surface area contributed by atoms with Gasteiger partial charge in [-0.05, 0) is 18.6 Å².